The van der Waals surface area contributed by atoms with Crippen LogP contribution in [0.15, 0.2) is 48.8 Å². The molecular formula is C19H23N5O. The number of nitrogens with one attached hydrogen (secondary N) is 1. The molecule has 0 spiro atoms. The van der Waals surface area contributed by atoms with Gasteiger partial charge in [0.1, 0.15) is 5.82 Å². The molecule has 3 aromatic rings. The van der Waals surface area contributed by atoms with Crippen LogP contribution in [0.25, 0.3) is 11.0 Å². The van der Waals surface area contributed by atoms with Gasteiger partial charge in [-0.25, -0.2) is 4.98 Å². The van der Waals surface area contributed by atoms with Gasteiger partial charge in [0.25, 0.3) is 5.91 Å². The molecular weight excluding hydrogens is 314 g/mol. The maximum atomic E-state index is 12.1. The second-order valence-electron chi connectivity index (χ2n) is 6.22. The maximum absolute atomic E-state index is 12.1. The molecule has 0 aliphatic rings. The average molecular weight is 337 g/mol. The lowest BCUT2D eigenvalue weighted by molar-refractivity contribution is 0.0953. The highest BCUT2D eigenvalue weighted by Crippen LogP contribution is 2.16. The number of hydrogen-bond acceptors (Lipinski definition) is 4. The van der Waals surface area contributed by atoms with Gasteiger partial charge in [0.05, 0.1) is 16.6 Å². The van der Waals surface area contributed by atoms with E-state index in [1.165, 1.54) is 0 Å². The molecule has 0 aliphatic heterocycles. The standard InChI is InChI=1S/C19H23N5O/c1-23(2)12-13-24-17-8-4-3-7-16(17)22-18(24)9-11-21-19(25)15-6-5-10-20-14-15/h3-8,10,14H,9,11-13H2,1-2H3,(H,21,25). The van der Waals surface area contributed by atoms with Crippen molar-refractivity contribution in [2.45, 2.75) is 13.0 Å². The summed E-state index contributed by atoms with van der Waals surface area (Å²) in [6.07, 6.45) is 3.92. The predicted molar refractivity (Wildman–Crippen MR) is 98.6 cm³/mol. The number of benzene rings is 1. The zero-order valence-corrected chi connectivity index (χ0v) is 14.6. The lowest BCUT2D eigenvalue weighted by Crippen LogP contribution is -2.27. The van der Waals surface area contributed by atoms with Gasteiger partial charge >= 0.3 is 0 Å². The van der Waals surface area contributed by atoms with Crippen LogP contribution in [-0.2, 0) is 13.0 Å². The molecule has 6 nitrogen and oxygen atoms in total. The van der Waals surface area contributed by atoms with Crippen LogP contribution in [0.5, 0.6) is 0 Å². The third-order valence-electron chi connectivity index (χ3n) is 4.06. The van der Waals surface area contributed by atoms with Crippen molar-refractivity contribution in [2.24, 2.45) is 0 Å². The largest absolute Gasteiger partial charge is 0.352 e. The summed E-state index contributed by atoms with van der Waals surface area (Å²) in [5, 5.41) is 2.94. The van der Waals surface area contributed by atoms with E-state index in [4.69, 9.17) is 4.98 Å². The van der Waals surface area contributed by atoms with Crippen LogP contribution in [0.2, 0.25) is 0 Å². The number of carbonyl (C=O) groups is 1. The van der Waals surface area contributed by atoms with E-state index >= 15 is 0 Å². The van der Waals surface area contributed by atoms with E-state index in [1.54, 1.807) is 24.5 Å². The van der Waals surface area contributed by atoms with Gasteiger partial charge < -0.3 is 14.8 Å². The summed E-state index contributed by atoms with van der Waals surface area (Å²) < 4.78 is 2.24. The summed E-state index contributed by atoms with van der Waals surface area (Å²) in [6.45, 7) is 2.35. The zero-order chi connectivity index (χ0) is 17.6. The Morgan fingerprint density at radius 2 is 2.04 bits per heavy atom. The molecule has 25 heavy (non-hydrogen) atoms. The third-order valence-corrected chi connectivity index (χ3v) is 4.06. The number of aromatic nitrogens is 3. The van der Waals surface area contributed by atoms with Gasteiger partial charge in [0.2, 0.25) is 0 Å². The minimum Gasteiger partial charge on any atom is -0.352 e. The Morgan fingerprint density at radius 3 is 2.80 bits per heavy atom. The van der Waals surface area contributed by atoms with E-state index in [1.807, 2.05) is 18.2 Å². The highest BCUT2D eigenvalue weighted by atomic mass is 16.1. The second-order valence-corrected chi connectivity index (χ2v) is 6.22. The fourth-order valence-electron chi connectivity index (χ4n) is 2.75. The summed E-state index contributed by atoms with van der Waals surface area (Å²) >= 11 is 0. The minimum absolute atomic E-state index is 0.107. The minimum atomic E-state index is -0.107. The summed E-state index contributed by atoms with van der Waals surface area (Å²) in [5.41, 5.74) is 2.70. The lowest BCUT2D eigenvalue weighted by atomic mass is 10.2. The molecule has 1 aromatic carbocycles. The number of amides is 1. The molecule has 0 saturated heterocycles. The fourth-order valence-corrected chi connectivity index (χ4v) is 2.75. The van der Waals surface area contributed by atoms with E-state index in [9.17, 15) is 4.79 Å². The molecule has 3 rings (SSSR count). The number of likely N-dealkylation sites (N-methyl/N-ethyl adjacent to an activating group) is 1. The predicted octanol–water partition coefficient (Wildman–Crippen LogP) is 1.97. The van der Waals surface area contributed by atoms with Crippen molar-refractivity contribution in [3.8, 4) is 0 Å². The van der Waals surface area contributed by atoms with E-state index in [0.29, 0.717) is 18.5 Å². The Bertz CT molecular complexity index is 841. The van der Waals surface area contributed by atoms with Crippen LogP contribution < -0.4 is 5.32 Å². The van der Waals surface area contributed by atoms with Gasteiger partial charge in [0, 0.05) is 38.4 Å². The number of imidazole rings is 1. The smallest absolute Gasteiger partial charge is 0.252 e. The van der Waals surface area contributed by atoms with Crippen molar-refractivity contribution in [1.82, 2.24) is 24.8 Å². The molecule has 0 unspecified atom stereocenters. The van der Waals surface area contributed by atoms with Crippen LogP contribution in [0.1, 0.15) is 16.2 Å². The third kappa shape index (κ3) is 4.22. The normalized spacial score (nSPS) is 11.2. The Labute approximate surface area is 147 Å². The Hall–Kier alpha value is -2.73. The van der Waals surface area contributed by atoms with Crippen molar-refractivity contribution in [3.63, 3.8) is 0 Å². The molecule has 0 aliphatic carbocycles. The molecule has 130 valence electrons. The summed E-state index contributed by atoms with van der Waals surface area (Å²) in [4.78, 5) is 23.0. The first-order chi connectivity index (χ1) is 12.1. The second kappa shape index (κ2) is 7.90. The van der Waals surface area contributed by atoms with Gasteiger partial charge in [-0.05, 0) is 38.4 Å². The van der Waals surface area contributed by atoms with Crippen molar-refractivity contribution in [1.29, 1.82) is 0 Å². The fraction of sp³-hybridized carbons (Fsp3) is 0.316. The number of hydrogen-bond donors (Lipinski definition) is 1. The number of rotatable bonds is 7. The lowest BCUT2D eigenvalue weighted by Gasteiger charge is -2.13. The number of nitrogens with zero attached hydrogens (tertiary/aromatic N) is 4. The maximum Gasteiger partial charge on any atom is 0.252 e. The van der Waals surface area contributed by atoms with Crippen LogP contribution in [0, 0.1) is 0 Å². The van der Waals surface area contributed by atoms with Crippen molar-refractivity contribution >= 4 is 16.9 Å². The number of pyridine rings is 1. The molecule has 0 radical (unpaired) electrons. The number of para-hydroxylation sites is 2. The van der Waals surface area contributed by atoms with Crippen LogP contribution >= 0.6 is 0 Å². The molecule has 1 N–H and O–H groups in total. The summed E-state index contributed by atoms with van der Waals surface area (Å²) in [5.74, 6) is 0.888. The van der Waals surface area contributed by atoms with E-state index in [-0.39, 0.29) is 5.91 Å². The van der Waals surface area contributed by atoms with E-state index < -0.39 is 0 Å². The Balaban J connectivity index is 1.70. The molecule has 6 heteroatoms. The molecule has 0 fully saturated rings. The number of fused-ring (bicyclic) bond motifs is 1. The molecule has 2 heterocycles. The van der Waals surface area contributed by atoms with Gasteiger partial charge in [0.15, 0.2) is 0 Å². The molecule has 0 saturated carbocycles. The SMILES string of the molecule is CN(C)CCn1c(CCNC(=O)c2cccnc2)nc2ccccc21. The van der Waals surface area contributed by atoms with Crippen molar-refractivity contribution in [2.75, 3.05) is 27.2 Å². The monoisotopic (exact) mass is 337 g/mol. The molecule has 0 bridgehead atoms. The van der Waals surface area contributed by atoms with Crippen LogP contribution in [-0.4, -0.2) is 52.5 Å². The van der Waals surface area contributed by atoms with Crippen molar-refractivity contribution < 1.29 is 4.79 Å². The van der Waals surface area contributed by atoms with Crippen LogP contribution in [0.4, 0.5) is 0 Å². The topological polar surface area (TPSA) is 63.0 Å². The van der Waals surface area contributed by atoms with E-state index in [0.717, 1.165) is 29.9 Å². The summed E-state index contributed by atoms with van der Waals surface area (Å²) in [7, 11) is 4.12. The Morgan fingerprint density at radius 1 is 1.20 bits per heavy atom. The first-order valence-electron chi connectivity index (χ1n) is 8.42. The van der Waals surface area contributed by atoms with Crippen LogP contribution in [0.3, 0.4) is 0 Å². The van der Waals surface area contributed by atoms with Gasteiger partial charge in [-0.15, -0.1) is 0 Å². The first kappa shape index (κ1) is 17.1. The first-order valence-corrected chi connectivity index (χ1v) is 8.42. The summed E-state index contributed by atoms with van der Waals surface area (Å²) in [6, 6.07) is 11.7. The average Bonchev–Trinajstić information content (AvgIpc) is 2.98. The number of carbonyl (C=O) groups excluding carboxylic acids is 1. The van der Waals surface area contributed by atoms with Gasteiger partial charge in [-0.3, -0.25) is 9.78 Å². The zero-order valence-electron chi connectivity index (χ0n) is 14.6. The molecule has 1 amide bonds. The Kier molecular flexibility index (Phi) is 5.40. The van der Waals surface area contributed by atoms with Gasteiger partial charge in [-0.2, -0.15) is 0 Å². The van der Waals surface area contributed by atoms with Gasteiger partial charge in [-0.1, -0.05) is 12.1 Å². The van der Waals surface area contributed by atoms with E-state index in [2.05, 4.69) is 39.9 Å². The molecule has 0 atom stereocenters. The molecule has 2 aromatic heterocycles. The highest BCUT2D eigenvalue weighted by Gasteiger charge is 2.11. The quantitative estimate of drug-likeness (QED) is 0.716. The van der Waals surface area contributed by atoms with Crippen molar-refractivity contribution in [3.05, 3.63) is 60.2 Å². The highest BCUT2D eigenvalue weighted by molar-refractivity contribution is 5.93.